The number of benzene rings is 1. The minimum Gasteiger partial charge on any atom is -0.464 e. The molecule has 130 valence electrons. The van der Waals surface area contributed by atoms with Crippen LogP contribution in [-0.2, 0) is 17.9 Å². The summed E-state index contributed by atoms with van der Waals surface area (Å²) in [5.74, 6) is 0.0982. The van der Waals surface area contributed by atoms with E-state index in [0.29, 0.717) is 13.0 Å². The molecule has 1 aromatic carbocycles. The minimum absolute atomic E-state index is 0.0558. The van der Waals surface area contributed by atoms with Gasteiger partial charge in [-0.05, 0) is 19.4 Å². The molecule has 3 aromatic rings. The van der Waals surface area contributed by atoms with Crippen molar-refractivity contribution < 1.29 is 9.21 Å². The molecule has 0 bridgehead atoms. The first kappa shape index (κ1) is 15.9. The summed E-state index contributed by atoms with van der Waals surface area (Å²) in [7, 11) is 0. The summed E-state index contributed by atoms with van der Waals surface area (Å²) in [6.45, 7) is 3.58. The van der Waals surface area contributed by atoms with Crippen LogP contribution in [0.1, 0.15) is 36.9 Å². The number of nitrogens with one attached hydrogen (secondary N) is 2. The Hall–Kier alpha value is -2.60. The predicted octanol–water partition coefficient (Wildman–Crippen LogP) is 2.76. The van der Waals surface area contributed by atoms with Crippen LogP contribution >= 0.6 is 0 Å². The molecule has 0 spiro atoms. The number of nitrogens with zero attached hydrogens (tertiary/aromatic N) is 2. The molecular weight excluding hydrogens is 316 g/mol. The summed E-state index contributed by atoms with van der Waals surface area (Å²) in [6.07, 6.45) is 7.02. The fraction of sp³-hybridized carbons (Fsp3) is 0.368. The Morgan fingerprint density at radius 2 is 2.28 bits per heavy atom. The first-order chi connectivity index (χ1) is 12.2. The summed E-state index contributed by atoms with van der Waals surface area (Å²) in [4.78, 5) is 11.9. The highest BCUT2D eigenvalue weighted by Crippen LogP contribution is 2.26. The molecule has 1 aliphatic heterocycles. The summed E-state index contributed by atoms with van der Waals surface area (Å²) >= 11 is 0. The molecule has 6 nitrogen and oxygen atoms in total. The lowest BCUT2D eigenvalue weighted by atomic mass is 9.93. The molecule has 0 radical (unpaired) electrons. The maximum Gasteiger partial charge on any atom is 0.220 e. The van der Waals surface area contributed by atoms with E-state index in [4.69, 9.17) is 4.42 Å². The van der Waals surface area contributed by atoms with E-state index in [1.165, 1.54) is 0 Å². The number of para-hydroxylation sites is 1. The van der Waals surface area contributed by atoms with Crippen molar-refractivity contribution in [2.24, 2.45) is 0 Å². The molecule has 1 fully saturated rings. The molecule has 0 saturated carbocycles. The number of aryl methyl sites for hydroxylation is 1. The Morgan fingerprint density at radius 1 is 1.40 bits per heavy atom. The number of fused-ring (bicyclic) bond motifs is 1. The molecule has 0 unspecified atom stereocenters. The molecule has 25 heavy (non-hydrogen) atoms. The van der Waals surface area contributed by atoms with Gasteiger partial charge in [-0.1, -0.05) is 18.2 Å². The number of amides is 1. The van der Waals surface area contributed by atoms with Gasteiger partial charge in [0.15, 0.2) is 0 Å². The molecule has 1 aliphatic rings. The molecule has 6 heteroatoms. The lowest BCUT2D eigenvalue weighted by molar-refractivity contribution is -0.123. The van der Waals surface area contributed by atoms with E-state index in [0.717, 1.165) is 35.1 Å². The smallest absolute Gasteiger partial charge is 0.220 e. The Balaban J connectivity index is 1.51. The van der Waals surface area contributed by atoms with Crippen molar-refractivity contribution >= 4 is 16.9 Å². The van der Waals surface area contributed by atoms with Crippen LogP contribution in [-0.4, -0.2) is 21.7 Å². The van der Waals surface area contributed by atoms with Gasteiger partial charge in [-0.25, -0.2) is 0 Å². The van der Waals surface area contributed by atoms with E-state index >= 15 is 0 Å². The van der Waals surface area contributed by atoms with E-state index < -0.39 is 0 Å². The van der Waals surface area contributed by atoms with Crippen LogP contribution in [0.2, 0.25) is 0 Å². The van der Waals surface area contributed by atoms with Crippen LogP contribution in [0.3, 0.4) is 0 Å². The van der Waals surface area contributed by atoms with Crippen LogP contribution in [0.4, 0.5) is 0 Å². The van der Waals surface area contributed by atoms with Gasteiger partial charge in [0, 0.05) is 48.3 Å². The molecule has 4 rings (SSSR count). The van der Waals surface area contributed by atoms with E-state index in [1.54, 1.807) is 0 Å². The van der Waals surface area contributed by atoms with Crippen molar-refractivity contribution in [3.63, 3.8) is 0 Å². The molecule has 2 atom stereocenters. The van der Waals surface area contributed by atoms with Gasteiger partial charge in [-0.2, -0.15) is 5.10 Å². The van der Waals surface area contributed by atoms with Crippen LogP contribution in [0.25, 0.3) is 11.0 Å². The van der Waals surface area contributed by atoms with Gasteiger partial charge >= 0.3 is 0 Å². The monoisotopic (exact) mass is 338 g/mol. The number of piperidine rings is 1. The number of hydrogen-bond acceptors (Lipinski definition) is 4. The van der Waals surface area contributed by atoms with Gasteiger partial charge in [0.1, 0.15) is 5.58 Å². The highest BCUT2D eigenvalue weighted by Gasteiger charge is 2.30. The molecular formula is C19H22N4O2. The van der Waals surface area contributed by atoms with Crippen LogP contribution < -0.4 is 10.6 Å². The maximum atomic E-state index is 11.9. The van der Waals surface area contributed by atoms with E-state index in [2.05, 4.69) is 28.7 Å². The third-order valence-electron chi connectivity index (χ3n) is 4.85. The second-order valence-electron chi connectivity index (χ2n) is 6.46. The van der Waals surface area contributed by atoms with Gasteiger partial charge in [0.25, 0.3) is 0 Å². The van der Waals surface area contributed by atoms with Crippen molar-refractivity contribution in [2.75, 3.05) is 0 Å². The maximum absolute atomic E-state index is 11.9. The summed E-state index contributed by atoms with van der Waals surface area (Å²) in [5, 5.41) is 12.2. The second-order valence-corrected chi connectivity index (χ2v) is 6.46. The zero-order chi connectivity index (χ0) is 17.2. The molecule has 1 saturated heterocycles. The number of carbonyl (C=O) groups excluding carboxylic acids is 1. The van der Waals surface area contributed by atoms with Crippen molar-refractivity contribution in [3.8, 4) is 0 Å². The molecule has 2 N–H and O–H groups in total. The Labute approximate surface area is 146 Å². The third-order valence-corrected chi connectivity index (χ3v) is 4.85. The molecule has 3 heterocycles. The highest BCUT2D eigenvalue weighted by atomic mass is 16.3. The van der Waals surface area contributed by atoms with E-state index in [1.807, 2.05) is 41.5 Å². The molecule has 1 amide bonds. The summed E-state index contributed by atoms with van der Waals surface area (Å²) in [5.41, 5.74) is 3.08. The number of hydrogen-bond donors (Lipinski definition) is 2. The summed E-state index contributed by atoms with van der Waals surface area (Å²) in [6, 6.07) is 8.15. The van der Waals surface area contributed by atoms with Gasteiger partial charge in [0.05, 0.1) is 18.5 Å². The first-order valence-electron chi connectivity index (χ1n) is 8.75. The standard InChI is InChI=1S/C19H22N4O2/c1-2-23-11-13(10-21-23)19-16(7-8-18(24)22-19)20-9-14-12-25-17-6-4-3-5-15(14)17/h3-6,10-12,16,19-20H,2,7-9H2,1H3,(H,22,24)/t16-,19+/m1/s1. The predicted molar refractivity (Wildman–Crippen MR) is 94.9 cm³/mol. The van der Waals surface area contributed by atoms with Crippen molar-refractivity contribution in [2.45, 2.75) is 44.9 Å². The number of aromatic nitrogens is 2. The van der Waals surface area contributed by atoms with Crippen molar-refractivity contribution in [1.82, 2.24) is 20.4 Å². The van der Waals surface area contributed by atoms with Gasteiger partial charge in [-0.3, -0.25) is 9.48 Å². The largest absolute Gasteiger partial charge is 0.464 e. The van der Waals surface area contributed by atoms with E-state index in [-0.39, 0.29) is 18.0 Å². The van der Waals surface area contributed by atoms with Gasteiger partial charge in [-0.15, -0.1) is 0 Å². The zero-order valence-electron chi connectivity index (χ0n) is 14.2. The lowest BCUT2D eigenvalue weighted by Gasteiger charge is -2.32. The third kappa shape index (κ3) is 3.17. The first-order valence-corrected chi connectivity index (χ1v) is 8.75. The Morgan fingerprint density at radius 3 is 3.12 bits per heavy atom. The molecule has 0 aliphatic carbocycles. The fourth-order valence-corrected chi connectivity index (χ4v) is 3.46. The summed E-state index contributed by atoms with van der Waals surface area (Å²) < 4.78 is 7.50. The number of rotatable bonds is 5. The van der Waals surface area contributed by atoms with Crippen molar-refractivity contribution in [3.05, 3.63) is 54.0 Å². The Kier molecular flexibility index (Phi) is 4.28. The fourth-order valence-electron chi connectivity index (χ4n) is 3.46. The average molecular weight is 338 g/mol. The topological polar surface area (TPSA) is 72.1 Å². The highest BCUT2D eigenvalue weighted by molar-refractivity contribution is 5.80. The van der Waals surface area contributed by atoms with Crippen LogP contribution in [0.15, 0.2) is 47.3 Å². The number of carbonyl (C=O) groups is 1. The van der Waals surface area contributed by atoms with Gasteiger partial charge in [0.2, 0.25) is 5.91 Å². The van der Waals surface area contributed by atoms with Crippen LogP contribution in [0.5, 0.6) is 0 Å². The second kappa shape index (κ2) is 6.72. The van der Waals surface area contributed by atoms with Crippen molar-refractivity contribution in [1.29, 1.82) is 0 Å². The molecule has 2 aromatic heterocycles. The quantitative estimate of drug-likeness (QED) is 0.750. The minimum atomic E-state index is -0.0558. The van der Waals surface area contributed by atoms with Gasteiger partial charge < -0.3 is 15.1 Å². The Bertz CT molecular complexity index is 882. The normalized spacial score (nSPS) is 20.8. The lowest BCUT2D eigenvalue weighted by Crippen LogP contribution is -2.48. The van der Waals surface area contributed by atoms with E-state index in [9.17, 15) is 4.79 Å². The van der Waals surface area contributed by atoms with Crippen LogP contribution in [0, 0.1) is 0 Å². The average Bonchev–Trinajstić information content (AvgIpc) is 3.27. The zero-order valence-corrected chi connectivity index (χ0v) is 14.2. The SMILES string of the molecule is CCn1cc([C@@H]2NC(=O)CC[C@H]2NCc2coc3ccccc23)cn1. The number of furan rings is 1.